The molecule has 1 aliphatic rings. The lowest BCUT2D eigenvalue weighted by Gasteiger charge is -2.23. The second kappa shape index (κ2) is 8.22. The minimum absolute atomic E-state index is 0.211. The monoisotopic (exact) mass is 332 g/mol. The fraction of sp³-hybridized carbons (Fsp3) is 0.786. The summed E-state index contributed by atoms with van der Waals surface area (Å²) in [5.41, 5.74) is 0.885. The van der Waals surface area contributed by atoms with Gasteiger partial charge in [0.1, 0.15) is 0 Å². The average Bonchev–Trinajstić information content (AvgIpc) is 3.08. The van der Waals surface area contributed by atoms with E-state index in [1.807, 2.05) is 13.0 Å². The molecule has 0 spiro atoms. The van der Waals surface area contributed by atoms with E-state index in [-0.39, 0.29) is 6.04 Å². The maximum atomic E-state index is 12.2. The number of likely N-dealkylation sites (tertiary alicyclic amines) is 1. The molecule has 1 aliphatic heterocycles. The summed E-state index contributed by atoms with van der Waals surface area (Å²) in [6, 6.07) is 2.18. The number of aryl methyl sites for hydroxylation is 1. The first-order chi connectivity index (χ1) is 10.6. The second-order valence-corrected chi connectivity index (χ2v) is 6.85. The zero-order valence-corrected chi connectivity index (χ0v) is 14.4. The van der Waals surface area contributed by atoms with Gasteiger partial charge in [-0.15, -0.1) is 0 Å². The molecule has 2 rings (SSSR count). The summed E-state index contributed by atoms with van der Waals surface area (Å²) in [7, 11) is -3.43. The van der Waals surface area contributed by atoms with Crippen LogP contribution in [0.15, 0.2) is 10.6 Å². The van der Waals surface area contributed by atoms with Crippen molar-refractivity contribution in [1.29, 1.82) is 0 Å². The molecule has 2 heterocycles. The Morgan fingerprint density at radius 1 is 1.36 bits per heavy atom. The lowest BCUT2D eigenvalue weighted by Crippen LogP contribution is -2.27. The number of nitrogens with zero attached hydrogens (tertiary/aromatic N) is 2. The first kappa shape index (κ1) is 17.6. The van der Waals surface area contributed by atoms with E-state index in [2.05, 4.69) is 10.1 Å². The van der Waals surface area contributed by atoms with Gasteiger partial charge in [-0.2, -0.15) is 0 Å². The fourth-order valence-electron chi connectivity index (χ4n) is 2.65. The Morgan fingerprint density at radius 3 is 2.68 bits per heavy atom. The molecule has 1 saturated heterocycles. The van der Waals surface area contributed by atoms with Crippen LogP contribution < -0.4 is 0 Å². The van der Waals surface area contributed by atoms with Crippen LogP contribution >= 0.6 is 7.82 Å². The van der Waals surface area contributed by atoms with Crippen LogP contribution in [0.1, 0.15) is 44.2 Å². The molecule has 0 amide bonds. The predicted molar refractivity (Wildman–Crippen MR) is 81.6 cm³/mol. The first-order valence-electron chi connectivity index (χ1n) is 7.79. The normalized spacial score (nSPS) is 19.9. The summed E-state index contributed by atoms with van der Waals surface area (Å²) in [5, 5.41) is 3.95. The van der Waals surface area contributed by atoms with Gasteiger partial charge in [0.2, 0.25) is 0 Å². The quantitative estimate of drug-likeness (QED) is 0.642. The SMILES string of the molecule is CCOP(=O)(OCC)OCCN1CCCC1c1cc(C)no1. The summed E-state index contributed by atoms with van der Waals surface area (Å²) in [5.74, 6) is 0.882. The molecule has 1 unspecified atom stereocenters. The van der Waals surface area contributed by atoms with Crippen molar-refractivity contribution in [2.75, 3.05) is 32.9 Å². The van der Waals surface area contributed by atoms with E-state index in [1.165, 1.54) is 0 Å². The zero-order chi connectivity index (χ0) is 16.0. The van der Waals surface area contributed by atoms with Gasteiger partial charge in [-0.3, -0.25) is 18.5 Å². The van der Waals surface area contributed by atoms with Crippen LogP contribution in [0.2, 0.25) is 0 Å². The van der Waals surface area contributed by atoms with E-state index >= 15 is 0 Å². The van der Waals surface area contributed by atoms with Crippen molar-refractivity contribution in [3.63, 3.8) is 0 Å². The van der Waals surface area contributed by atoms with Crippen LogP contribution in [0.4, 0.5) is 0 Å². The van der Waals surface area contributed by atoms with Gasteiger partial charge in [-0.1, -0.05) is 5.16 Å². The minimum Gasteiger partial charge on any atom is -0.359 e. The Labute approximate surface area is 131 Å². The van der Waals surface area contributed by atoms with E-state index in [0.29, 0.717) is 26.4 Å². The van der Waals surface area contributed by atoms with Crippen LogP contribution in [0, 0.1) is 6.92 Å². The van der Waals surface area contributed by atoms with E-state index in [9.17, 15) is 4.57 Å². The van der Waals surface area contributed by atoms with Gasteiger partial charge in [0.05, 0.1) is 31.6 Å². The third kappa shape index (κ3) is 4.64. The smallest absolute Gasteiger partial charge is 0.359 e. The van der Waals surface area contributed by atoms with Gasteiger partial charge in [0.25, 0.3) is 0 Å². The molecule has 8 heteroatoms. The number of aromatic nitrogens is 1. The van der Waals surface area contributed by atoms with Crippen molar-refractivity contribution in [2.24, 2.45) is 0 Å². The number of hydrogen-bond acceptors (Lipinski definition) is 7. The molecule has 0 bridgehead atoms. The van der Waals surface area contributed by atoms with Crippen molar-refractivity contribution >= 4 is 7.82 Å². The van der Waals surface area contributed by atoms with Crippen LogP contribution in [0.5, 0.6) is 0 Å². The van der Waals surface area contributed by atoms with E-state index < -0.39 is 7.82 Å². The van der Waals surface area contributed by atoms with E-state index in [1.54, 1.807) is 13.8 Å². The predicted octanol–water partition coefficient (Wildman–Crippen LogP) is 3.32. The molecule has 1 fully saturated rings. The maximum absolute atomic E-state index is 12.2. The molecule has 22 heavy (non-hydrogen) atoms. The van der Waals surface area contributed by atoms with Gasteiger partial charge in [0, 0.05) is 12.6 Å². The van der Waals surface area contributed by atoms with E-state index in [4.69, 9.17) is 18.1 Å². The lowest BCUT2D eigenvalue weighted by atomic mass is 10.1. The van der Waals surface area contributed by atoms with Crippen LogP contribution in [-0.4, -0.2) is 43.0 Å². The molecular weight excluding hydrogens is 307 g/mol. The molecule has 0 N–H and O–H groups in total. The number of phosphoric ester groups is 1. The Morgan fingerprint density at radius 2 is 2.09 bits per heavy atom. The van der Waals surface area contributed by atoms with Crippen LogP contribution in [0.3, 0.4) is 0 Å². The molecule has 0 aliphatic carbocycles. The van der Waals surface area contributed by atoms with Gasteiger partial charge in [-0.05, 0) is 40.2 Å². The van der Waals surface area contributed by atoms with Crippen LogP contribution in [-0.2, 0) is 18.1 Å². The lowest BCUT2D eigenvalue weighted by molar-refractivity contribution is 0.103. The standard InChI is InChI=1S/C14H25N2O5P/c1-4-18-22(17,19-5-2)20-10-9-16-8-6-7-13(16)14-11-12(3)15-21-14/h11,13H,4-10H2,1-3H3. The van der Waals surface area contributed by atoms with Gasteiger partial charge in [-0.25, -0.2) is 4.57 Å². The molecule has 1 atom stereocenters. The molecule has 1 aromatic rings. The molecule has 0 radical (unpaired) electrons. The van der Waals surface area contributed by atoms with Crippen molar-refractivity contribution in [1.82, 2.24) is 10.1 Å². The topological polar surface area (TPSA) is 74.0 Å². The van der Waals surface area contributed by atoms with Gasteiger partial charge < -0.3 is 4.52 Å². The highest BCUT2D eigenvalue weighted by Crippen LogP contribution is 2.49. The third-order valence-corrected chi connectivity index (χ3v) is 5.19. The Bertz CT molecular complexity index is 497. The van der Waals surface area contributed by atoms with Crippen molar-refractivity contribution in [3.8, 4) is 0 Å². The number of rotatable bonds is 9. The number of phosphoric acid groups is 1. The Balaban J connectivity index is 1.86. The number of hydrogen-bond donors (Lipinski definition) is 0. The zero-order valence-electron chi connectivity index (χ0n) is 13.5. The molecular formula is C14H25N2O5P. The molecule has 0 saturated carbocycles. The van der Waals surface area contributed by atoms with E-state index in [0.717, 1.165) is 30.8 Å². The molecule has 126 valence electrons. The van der Waals surface area contributed by atoms with Crippen molar-refractivity contribution in [3.05, 3.63) is 17.5 Å². The van der Waals surface area contributed by atoms with Crippen molar-refractivity contribution in [2.45, 2.75) is 39.7 Å². The van der Waals surface area contributed by atoms with Crippen LogP contribution in [0.25, 0.3) is 0 Å². The minimum atomic E-state index is -3.43. The molecule has 0 aromatic carbocycles. The Kier molecular flexibility index (Phi) is 6.59. The summed E-state index contributed by atoms with van der Waals surface area (Å²) >= 11 is 0. The average molecular weight is 332 g/mol. The van der Waals surface area contributed by atoms with Gasteiger partial charge >= 0.3 is 7.82 Å². The fourth-order valence-corrected chi connectivity index (χ4v) is 3.82. The van der Waals surface area contributed by atoms with Crippen molar-refractivity contribution < 1.29 is 22.7 Å². The third-order valence-electron chi connectivity index (χ3n) is 3.54. The summed E-state index contributed by atoms with van der Waals surface area (Å²) in [6.45, 7) is 7.92. The Hall–Kier alpha value is -0.720. The second-order valence-electron chi connectivity index (χ2n) is 5.18. The highest BCUT2D eigenvalue weighted by molar-refractivity contribution is 7.48. The molecule has 1 aromatic heterocycles. The summed E-state index contributed by atoms with van der Waals surface area (Å²) in [4.78, 5) is 2.25. The largest absolute Gasteiger partial charge is 0.474 e. The highest BCUT2D eigenvalue weighted by atomic mass is 31.2. The first-order valence-corrected chi connectivity index (χ1v) is 9.25. The summed E-state index contributed by atoms with van der Waals surface area (Å²) in [6.07, 6.45) is 2.13. The molecule has 7 nitrogen and oxygen atoms in total. The summed E-state index contributed by atoms with van der Waals surface area (Å²) < 4.78 is 33.2. The highest BCUT2D eigenvalue weighted by Gasteiger charge is 2.30. The maximum Gasteiger partial charge on any atom is 0.474 e. The van der Waals surface area contributed by atoms with Gasteiger partial charge in [0.15, 0.2) is 5.76 Å².